The molecule has 61 heavy (non-hydrogen) atoms. The molecule has 0 amide bonds. The Morgan fingerprint density at radius 3 is 0.984 bits per heavy atom. The molecular weight excluding hydrogens is 808 g/mol. The highest BCUT2D eigenvalue weighted by atomic mass is 16.4. The second-order valence-electron chi connectivity index (χ2n) is 14.4. The summed E-state index contributed by atoms with van der Waals surface area (Å²) in [5.74, 6) is -9.80. The van der Waals surface area contributed by atoms with Crippen molar-refractivity contribution in [1.82, 2.24) is 19.9 Å². The van der Waals surface area contributed by atoms with E-state index in [9.17, 15) is 84.3 Å². The van der Waals surface area contributed by atoms with E-state index in [1.165, 1.54) is 6.20 Å². The molecule has 0 fully saturated rings. The zero-order chi connectivity index (χ0) is 45.1. The SMILES string of the molecule is O=C(O)CCc1c(CC(=O)O)c[nH]c1Cc1[nH]c(Cc2[nH]c(Cc3[nH]c(CO)c(CC(=O)O)c3CCC(=O)O)c(CC(=O)O)c2CCC(=O)O)c(CC(=O)O)c1CCC(=O)O. The molecule has 328 valence electrons. The average Bonchev–Trinajstić information content (AvgIpc) is 3.86. The van der Waals surface area contributed by atoms with Crippen molar-refractivity contribution in [2.45, 2.75) is 103 Å². The van der Waals surface area contributed by atoms with Crippen molar-refractivity contribution in [3.63, 3.8) is 0 Å². The zero-order valence-electron chi connectivity index (χ0n) is 32.7. The molecule has 0 saturated carbocycles. The Morgan fingerprint density at radius 1 is 0.361 bits per heavy atom. The number of aliphatic carboxylic acids is 8. The highest BCUT2D eigenvalue weighted by molar-refractivity contribution is 5.75. The van der Waals surface area contributed by atoms with Crippen LogP contribution >= 0.6 is 0 Å². The minimum Gasteiger partial charge on any atom is -0.481 e. The lowest BCUT2D eigenvalue weighted by Gasteiger charge is -2.09. The predicted octanol–water partition coefficient (Wildman–Crippen LogP) is 1.84. The fourth-order valence-corrected chi connectivity index (χ4v) is 7.77. The molecule has 0 unspecified atom stereocenters. The van der Waals surface area contributed by atoms with Crippen LogP contribution in [0, 0.1) is 0 Å². The number of hydrogen-bond acceptors (Lipinski definition) is 9. The van der Waals surface area contributed by atoms with Crippen molar-refractivity contribution in [1.29, 1.82) is 0 Å². The summed E-state index contributed by atoms with van der Waals surface area (Å²) in [6.45, 7) is -0.638. The van der Waals surface area contributed by atoms with Crippen LogP contribution in [0.25, 0.3) is 0 Å². The van der Waals surface area contributed by atoms with Crippen molar-refractivity contribution in [3.8, 4) is 0 Å². The van der Waals surface area contributed by atoms with Crippen molar-refractivity contribution in [2.24, 2.45) is 0 Å². The first-order chi connectivity index (χ1) is 28.8. The number of carboxylic acid groups (broad SMARTS) is 8. The number of H-pyrrole nitrogens is 4. The Morgan fingerprint density at radius 2 is 0.656 bits per heavy atom. The molecule has 4 aromatic heterocycles. The van der Waals surface area contributed by atoms with Gasteiger partial charge in [-0.1, -0.05) is 0 Å². The highest BCUT2D eigenvalue weighted by Crippen LogP contribution is 2.33. The minimum atomic E-state index is -1.31. The Balaban J connectivity index is 1.94. The Kier molecular flexibility index (Phi) is 15.8. The van der Waals surface area contributed by atoms with Crippen LogP contribution in [0.2, 0.25) is 0 Å². The van der Waals surface area contributed by atoms with E-state index in [-0.39, 0.29) is 108 Å². The van der Waals surface area contributed by atoms with Gasteiger partial charge in [0.15, 0.2) is 0 Å². The monoisotopic (exact) mass is 854 g/mol. The zero-order valence-corrected chi connectivity index (χ0v) is 32.7. The van der Waals surface area contributed by atoms with E-state index < -0.39 is 99.3 Å². The Labute approximate surface area is 345 Å². The molecule has 0 aromatic carbocycles. The van der Waals surface area contributed by atoms with Gasteiger partial charge in [-0.15, -0.1) is 0 Å². The smallest absolute Gasteiger partial charge is 0.307 e. The third-order valence-electron chi connectivity index (χ3n) is 10.3. The van der Waals surface area contributed by atoms with Gasteiger partial charge in [0.05, 0.1) is 32.3 Å². The number of carboxylic acids is 8. The summed E-state index contributed by atoms with van der Waals surface area (Å²) in [6.07, 6.45) is -3.53. The number of aromatic amines is 4. The van der Waals surface area contributed by atoms with E-state index in [0.29, 0.717) is 28.1 Å². The van der Waals surface area contributed by atoms with Crippen LogP contribution in [0.1, 0.15) is 110 Å². The van der Waals surface area contributed by atoms with Gasteiger partial charge in [-0.2, -0.15) is 0 Å². The maximum atomic E-state index is 12.3. The fraction of sp³-hybridized carbons (Fsp3) is 0.400. The molecule has 21 heteroatoms. The molecule has 4 heterocycles. The number of hydrogen-bond donors (Lipinski definition) is 13. The van der Waals surface area contributed by atoms with Crippen LogP contribution in [0.3, 0.4) is 0 Å². The molecule has 4 rings (SSSR count). The maximum absolute atomic E-state index is 12.3. The van der Waals surface area contributed by atoms with Crippen LogP contribution in [-0.2, 0) is 116 Å². The molecule has 0 bridgehead atoms. The van der Waals surface area contributed by atoms with Gasteiger partial charge in [0.2, 0.25) is 0 Å². The number of aliphatic hydroxyl groups excluding tert-OH is 1. The van der Waals surface area contributed by atoms with Crippen LogP contribution in [0.5, 0.6) is 0 Å². The van der Waals surface area contributed by atoms with Gasteiger partial charge in [0.25, 0.3) is 0 Å². The lowest BCUT2D eigenvalue weighted by molar-refractivity contribution is -0.138. The Hall–Kier alpha value is -7.16. The molecule has 0 radical (unpaired) electrons. The van der Waals surface area contributed by atoms with Gasteiger partial charge in [-0.3, -0.25) is 38.4 Å². The van der Waals surface area contributed by atoms with Gasteiger partial charge < -0.3 is 65.9 Å². The van der Waals surface area contributed by atoms with Crippen LogP contribution in [-0.4, -0.2) is 114 Å². The van der Waals surface area contributed by atoms with E-state index in [1.54, 1.807) is 0 Å². The topological polar surface area (TPSA) is 382 Å². The molecule has 13 N–H and O–H groups in total. The summed E-state index contributed by atoms with van der Waals surface area (Å²) in [7, 11) is 0. The molecule has 0 aliphatic heterocycles. The standard InChI is InChI=1S/C40H46N4O17/c45-17-32-25(12-40(60)61)22(4-8-36(52)53)29(44-32)15-31-24(11-39(58)59)21(3-7-35(50)51)28(43-31)14-30-23(10-38(56)57)20(2-6-34(48)49)27(42-30)13-26-19(1-5-33(46)47)18(16-41-26)9-37(54)55/h16,41-45H,1-15,17H2,(H,46,47)(H,48,49)(H,50,51)(H,52,53)(H,54,55)(H,56,57)(H,58,59)(H,60,61). The van der Waals surface area contributed by atoms with Gasteiger partial charge in [-0.05, 0) is 70.2 Å². The van der Waals surface area contributed by atoms with Crippen molar-refractivity contribution >= 4 is 47.8 Å². The molecule has 21 nitrogen and oxygen atoms in total. The number of nitrogens with one attached hydrogen (secondary N) is 4. The first-order valence-electron chi connectivity index (χ1n) is 18.9. The van der Waals surface area contributed by atoms with Crippen LogP contribution in [0.4, 0.5) is 0 Å². The highest BCUT2D eigenvalue weighted by Gasteiger charge is 2.28. The van der Waals surface area contributed by atoms with E-state index in [2.05, 4.69) is 19.9 Å². The van der Waals surface area contributed by atoms with Crippen molar-refractivity contribution in [3.05, 3.63) is 90.6 Å². The lowest BCUT2D eigenvalue weighted by Crippen LogP contribution is -2.09. The van der Waals surface area contributed by atoms with Crippen LogP contribution < -0.4 is 0 Å². The first-order valence-corrected chi connectivity index (χ1v) is 18.9. The largest absolute Gasteiger partial charge is 0.481 e. The van der Waals surface area contributed by atoms with E-state index >= 15 is 0 Å². The van der Waals surface area contributed by atoms with Crippen molar-refractivity contribution < 1.29 is 84.3 Å². The van der Waals surface area contributed by atoms with Gasteiger partial charge in [-0.25, -0.2) is 0 Å². The summed E-state index contributed by atoms with van der Waals surface area (Å²) < 4.78 is 0. The molecule has 0 aliphatic rings. The molecule has 4 aromatic rings. The van der Waals surface area contributed by atoms with Gasteiger partial charge in [0.1, 0.15) is 0 Å². The summed E-state index contributed by atoms with van der Waals surface area (Å²) >= 11 is 0. The van der Waals surface area contributed by atoms with E-state index in [0.717, 1.165) is 0 Å². The van der Waals surface area contributed by atoms with E-state index in [1.807, 2.05) is 0 Å². The van der Waals surface area contributed by atoms with Gasteiger partial charge >= 0.3 is 47.8 Å². The molecular formula is C40H46N4O17. The maximum Gasteiger partial charge on any atom is 0.307 e. The van der Waals surface area contributed by atoms with Crippen LogP contribution in [0.15, 0.2) is 6.20 Å². The Bertz CT molecular complexity index is 2340. The summed E-state index contributed by atoms with van der Waals surface area (Å²) in [5, 5.41) is 87.4. The molecule has 0 atom stereocenters. The second-order valence-corrected chi connectivity index (χ2v) is 14.4. The second kappa shape index (κ2) is 20.7. The summed E-state index contributed by atoms with van der Waals surface area (Å²) in [4.78, 5) is 107. The number of aromatic nitrogens is 4. The predicted molar refractivity (Wildman–Crippen MR) is 207 cm³/mol. The average molecular weight is 855 g/mol. The van der Waals surface area contributed by atoms with Crippen molar-refractivity contribution in [2.75, 3.05) is 0 Å². The quantitative estimate of drug-likeness (QED) is 0.0407. The third-order valence-corrected chi connectivity index (χ3v) is 10.3. The molecule has 0 spiro atoms. The number of aliphatic hydroxyl groups is 1. The summed E-state index contributed by atoms with van der Waals surface area (Å²) in [6, 6.07) is 0. The normalized spacial score (nSPS) is 11.2. The molecule has 0 saturated heterocycles. The third kappa shape index (κ3) is 12.7. The van der Waals surface area contributed by atoms with Gasteiger partial charge in [0, 0.05) is 91.0 Å². The number of rotatable bonds is 27. The number of carbonyl (C=O) groups is 8. The fourth-order valence-electron chi connectivity index (χ4n) is 7.77. The first kappa shape index (κ1) is 46.5. The lowest BCUT2D eigenvalue weighted by atomic mass is 9.94. The summed E-state index contributed by atoms with van der Waals surface area (Å²) in [5.41, 5.74) is 3.85. The molecule has 0 aliphatic carbocycles. The minimum absolute atomic E-state index is 0.0578. The van der Waals surface area contributed by atoms with E-state index in [4.69, 9.17) is 0 Å².